The summed E-state index contributed by atoms with van der Waals surface area (Å²) in [5, 5.41) is 3.00. The highest BCUT2D eigenvalue weighted by molar-refractivity contribution is 7.14. The maximum Gasteiger partial charge on any atom is 0.261 e. The predicted molar refractivity (Wildman–Crippen MR) is 80.5 cm³/mol. The Morgan fingerprint density at radius 3 is 2.63 bits per heavy atom. The summed E-state index contributed by atoms with van der Waals surface area (Å²) >= 11 is 1.53. The number of nitrogens with two attached hydrogens (primary N) is 1. The average molecular weight is 274 g/mol. The number of benzene rings is 1. The van der Waals surface area contributed by atoms with E-state index in [1.54, 1.807) is 0 Å². The first-order valence-corrected chi connectivity index (χ1v) is 7.02. The van der Waals surface area contributed by atoms with E-state index in [9.17, 15) is 4.79 Å². The van der Waals surface area contributed by atoms with Crippen LogP contribution >= 0.6 is 11.3 Å². The average Bonchev–Trinajstić information content (AvgIpc) is 2.69. The van der Waals surface area contributed by atoms with E-state index in [0.717, 1.165) is 16.0 Å². The number of carbonyl (C=O) groups excluding carboxylic acids is 1. The van der Waals surface area contributed by atoms with Gasteiger partial charge < -0.3 is 11.1 Å². The molecule has 1 atom stereocenters. The van der Waals surface area contributed by atoms with E-state index >= 15 is 0 Å². The summed E-state index contributed by atoms with van der Waals surface area (Å²) in [6, 6.07) is 9.46. The molecule has 0 fully saturated rings. The van der Waals surface area contributed by atoms with Crippen LogP contribution in [0.2, 0.25) is 0 Å². The maximum atomic E-state index is 12.1. The van der Waals surface area contributed by atoms with Gasteiger partial charge in [-0.05, 0) is 50.1 Å². The Bertz CT molecular complexity index is 584. The van der Waals surface area contributed by atoms with E-state index in [0.29, 0.717) is 5.69 Å². The number of rotatable bonds is 3. The molecule has 0 radical (unpaired) electrons. The molecule has 0 bridgehead atoms. The third kappa shape index (κ3) is 3.15. The molecular weight excluding hydrogens is 256 g/mol. The molecule has 0 aliphatic carbocycles. The molecule has 0 saturated carbocycles. The Labute approximate surface area is 117 Å². The molecule has 2 rings (SSSR count). The van der Waals surface area contributed by atoms with Crippen LogP contribution in [0, 0.1) is 13.8 Å². The Kier molecular flexibility index (Phi) is 3.90. The van der Waals surface area contributed by atoms with E-state index in [2.05, 4.69) is 5.32 Å². The van der Waals surface area contributed by atoms with Gasteiger partial charge in [0.1, 0.15) is 0 Å². The predicted octanol–water partition coefficient (Wildman–Crippen LogP) is 3.44. The van der Waals surface area contributed by atoms with Crippen molar-refractivity contribution in [3.8, 4) is 0 Å². The zero-order chi connectivity index (χ0) is 14.0. The molecule has 0 aliphatic heterocycles. The molecule has 3 nitrogen and oxygen atoms in total. The number of thiophene rings is 1. The van der Waals surface area contributed by atoms with Crippen LogP contribution in [0.15, 0.2) is 30.3 Å². The van der Waals surface area contributed by atoms with Gasteiger partial charge in [-0.25, -0.2) is 0 Å². The fourth-order valence-electron chi connectivity index (χ4n) is 1.86. The molecule has 1 unspecified atom stereocenters. The molecule has 1 heterocycles. The third-order valence-corrected chi connectivity index (χ3v) is 4.30. The molecule has 0 aliphatic rings. The van der Waals surface area contributed by atoms with Crippen molar-refractivity contribution in [2.75, 3.05) is 5.73 Å². The van der Waals surface area contributed by atoms with Gasteiger partial charge >= 0.3 is 0 Å². The van der Waals surface area contributed by atoms with E-state index in [-0.39, 0.29) is 11.9 Å². The topological polar surface area (TPSA) is 55.1 Å². The zero-order valence-corrected chi connectivity index (χ0v) is 12.2. The van der Waals surface area contributed by atoms with Crippen molar-refractivity contribution in [3.63, 3.8) is 0 Å². The Morgan fingerprint density at radius 1 is 1.32 bits per heavy atom. The molecule has 1 aromatic carbocycles. The molecule has 0 saturated heterocycles. The van der Waals surface area contributed by atoms with Crippen LogP contribution in [0.4, 0.5) is 5.69 Å². The number of aryl methyl sites for hydroxylation is 2. The van der Waals surface area contributed by atoms with Crippen LogP contribution < -0.4 is 11.1 Å². The smallest absolute Gasteiger partial charge is 0.261 e. The van der Waals surface area contributed by atoms with Gasteiger partial charge in [-0.15, -0.1) is 11.3 Å². The van der Waals surface area contributed by atoms with Crippen molar-refractivity contribution in [1.82, 2.24) is 5.32 Å². The quantitative estimate of drug-likeness (QED) is 0.842. The Morgan fingerprint density at radius 2 is 2.05 bits per heavy atom. The van der Waals surface area contributed by atoms with Gasteiger partial charge in [0.15, 0.2) is 0 Å². The number of anilines is 1. The van der Waals surface area contributed by atoms with Gasteiger partial charge in [0.05, 0.1) is 10.9 Å². The van der Waals surface area contributed by atoms with Crippen molar-refractivity contribution >= 4 is 22.9 Å². The lowest BCUT2D eigenvalue weighted by Gasteiger charge is -2.14. The first-order valence-electron chi connectivity index (χ1n) is 6.20. The molecule has 1 amide bonds. The maximum absolute atomic E-state index is 12.1. The summed E-state index contributed by atoms with van der Waals surface area (Å²) in [5.74, 6) is -0.0314. The van der Waals surface area contributed by atoms with Crippen LogP contribution in [0.5, 0.6) is 0 Å². The molecule has 19 heavy (non-hydrogen) atoms. The standard InChI is InChI=1S/C15H18N2OS/c1-9-7-14(19-11(9)3)15(18)17-10(2)12-5-4-6-13(16)8-12/h4-8,10H,16H2,1-3H3,(H,17,18). The van der Waals surface area contributed by atoms with Crippen LogP contribution in [0.3, 0.4) is 0 Å². The van der Waals surface area contributed by atoms with E-state index in [4.69, 9.17) is 5.73 Å². The van der Waals surface area contributed by atoms with Gasteiger partial charge in [-0.1, -0.05) is 12.1 Å². The number of hydrogen-bond acceptors (Lipinski definition) is 3. The number of nitrogens with one attached hydrogen (secondary N) is 1. The minimum absolute atomic E-state index is 0.0314. The first kappa shape index (κ1) is 13.6. The highest BCUT2D eigenvalue weighted by Gasteiger charge is 2.14. The van der Waals surface area contributed by atoms with Crippen molar-refractivity contribution in [2.45, 2.75) is 26.8 Å². The summed E-state index contributed by atoms with van der Waals surface area (Å²) in [7, 11) is 0. The Hall–Kier alpha value is -1.81. The first-order chi connectivity index (χ1) is 8.97. The largest absolute Gasteiger partial charge is 0.399 e. The van der Waals surface area contributed by atoms with Crippen molar-refractivity contribution in [3.05, 3.63) is 51.2 Å². The van der Waals surface area contributed by atoms with Crippen molar-refractivity contribution < 1.29 is 4.79 Å². The van der Waals surface area contributed by atoms with E-state index < -0.39 is 0 Å². The molecular formula is C15H18N2OS. The molecule has 100 valence electrons. The summed E-state index contributed by atoms with van der Waals surface area (Å²) in [4.78, 5) is 14.1. The fourth-order valence-corrected chi connectivity index (χ4v) is 2.80. The van der Waals surface area contributed by atoms with Crippen LogP contribution in [0.25, 0.3) is 0 Å². The highest BCUT2D eigenvalue weighted by Crippen LogP contribution is 2.22. The van der Waals surface area contributed by atoms with Crippen LogP contribution in [-0.2, 0) is 0 Å². The summed E-state index contributed by atoms with van der Waals surface area (Å²) < 4.78 is 0. The van der Waals surface area contributed by atoms with Crippen LogP contribution in [0.1, 0.15) is 38.6 Å². The lowest BCUT2D eigenvalue weighted by Crippen LogP contribution is -2.25. The molecule has 1 aromatic heterocycles. The molecule has 3 N–H and O–H groups in total. The monoisotopic (exact) mass is 274 g/mol. The lowest BCUT2D eigenvalue weighted by molar-refractivity contribution is 0.0944. The third-order valence-electron chi connectivity index (χ3n) is 3.15. The lowest BCUT2D eigenvalue weighted by atomic mass is 10.1. The normalized spacial score (nSPS) is 12.2. The summed E-state index contributed by atoms with van der Waals surface area (Å²) in [6.45, 7) is 6.00. The van der Waals surface area contributed by atoms with E-state index in [1.165, 1.54) is 16.2 Å². The minimum Gasteiger partial charge on any atom is -0.399 e. The summed E-state index contributed by atoms with van der Waals surface area (Å²) in [6.07, 6.45) is 0. The number of nitrogen functional groups attached to an aromatic ring is 1. The fraction of sp³-hybridized carbons (Fsp3) is 0.267. The number of hydrogen-bond donors (Lipinski definition) is 2. The van der Waals surface area contributed by atoms with Gasteiger partial charge in [0.2, 0.25) is 0 Å². The van der Waals surface area contributed by atoms with Gasteiger partial charge in [-0.2, -0.15) is 0 Å². The zero-order valence-electron chi connectivity index (χ0n) is 11.4. The van der Waals surface area contributed by atoms with E-state index in [1.807, 2.05) is 51.1 Å². The Balaban J connectivity index is 2.10. The second-order valence-corrected chi connectivity index (χ2v) is 5.97. The van der Waals surface area contributed by atoms with Gasteiger partial charge in [0, 0.05) is 10.6 Å². The van der Waals surface area contributed by atoms with Crippen molar-refractivity contribution in [1.29, 1.82) is 0 Å². The highest BCUT2D eigenvalue weighted by atomic mass is 32.1. The number of amides is 1. The van der Waals surface area contributed by atoms with Crippen LogP contribution in [-0.4, -0.2) is 5.91 Å². The summed E-state index contributed by atoms with van der Waals surface area (Å²) in [5.41, 5.74) is 8.63. The SMILES string of the molecule is Cc1cc(C(=O)NC(C)c2cccc(N)c2)sc1C. The van der Waals surface area contributed by atoms with Gasteiger partial charge in [0.25, 0.3) is 5.91 Å². The second kappa shape index (κ2) is 5.45. The minimum atomic E-state index is -0.0567. The molecule has 2 aromatic rings. The number of carbonyl (C=O) groups is 1. The molecule has 4 heteroatoms. The van der Waals surface area contributed by atoms with Crippen molar-refractivity contribution in [2.24, 2.45) is 0 Å². The van der Waals surface area contributed by atoms with Gasteiger partial charge in [-0.3, -0.25) is 4.79 Å². The molecule has 0 spiro atoms. The second-order valence-electron chi connectivity index (χ2n) is 4.72.